The molecule has 2 atom stereocenters. The number of halogens is 2. The Bertz CT molecular complexity index is 1520. The van der Waals surface area contributed by atoms with Crippen LogP contribution in [-0.2, 0) is 4.79 Å². The predicted molar refractivity (Wildman–Crippen MR) is 150 cm³/mol. The Labute approximate surface area is 237 Å². The third-order valence-corrected chi connectivity index (χ3v) is 7.90. The molecule has 5 rings (SSSR count). The summed E-state index contributed by atoms with van der Waals surface area (Å²) in [5.74, 6) is 7.23. The average Bonchev–Trinajstić information content (AvgIpc) is 3.48. The van der Waals surface area contributed by atoms with Gasteiger partial charge in [0.05, 0.1) is 23.1 Å². The van der Waals surface area contributed by atoms with E-state index in [1.165, 1.54) is 26.0 Å². The molecule has 0 spiro atoms. The average molecular weight is 565 g/mol. The molecule has 0 radical (unpaired) electrons. The molecule has 1 aromatic heterocycles. The highest BCUT2D eigenvalue weighted by Crippen LogP contribution is 2.46. The second-order valence-corrected chi connectivity index (χ2v) is 11.4. The summed E-state index contributed by atoms with van der Waals surface area (Å²) in [4.78, 5) is 33.0. The molecule has 2 aliphatic heterocycles. The lowest BCUT2D eigenvalue weighted by atomic mass is 9.95. The number of carbonyl (C=O) groups is 2. The van der Waals surface area contributed by atoms with E-state index in [1.54, 1.807) is 11.0 Å². The molecule has 2 aromatic carbocycles. The van der Waals surface area contributed by atoms with E-state index >= 15 is 0 Å². The lowest BCUT2D eigenvalue weighted by Gasteiger charge is -2.33. The van der Waals surface area contributed by atoms with Gasteiger partial charge in [0.2, 0.25) is 0 Å². The third-order valence-electron chi connectivity index (χ3n) is 7.90. The first-order chi connectivity index (χ1) is 19.5. The molecule has 41 heavy (non-hydrogen) atoms. The van der Waals surface area contributed by atoms with Gasteiger partial charge in [0.15, 0.2) is 6.29 Å². The quantitative estimate of drug-likeness (QED) is 0.353. The van der Waals surface area contributed by atoms with E-state index in [1.807, 2.05) is 41.8 Å². The van der Waals surface area contributed by atoms with Gasteiger partial charge in [0.25, 0.3) is 5.91 Å². The van der Waals surface area contributed by atoms with Crippen LogP contribution in [0.2, 0.25) is 0 Å². The summed E-state index contributed by atoms with van der Waals surface area (Å²) in [5.41, 5.74) is 1.66. The van der Waals surface area contributed by atoms with E-state index < -0.39 is 18.3 Å². The van der Waals surface area contributed by atoms with Crippen LogP contribution in [0, 0.1) is 17.8 Å². The molecule has 3 aromatic rings. The van der Waals surface area contributed by atoms with Crippen LogP contribution in [0.5, 0.6) is 5.75 Å². The Kier molecular flexibility index (Phi) is 7.86. The zero-order valence-corrected chi connectivity index (χ0v) is 23.6. The van der Waals surface area contributed by atoms with Crippen molar-refractivity contribution in [2.24, 2.45) is 5.92 Å². The topological polar surface area (TPSA) is 87.9 Å². The molecule has 10 heteroatoms. The van der Waals surface area contributed by atoms with E-state index in [-0.39, 0.29) is 23.6 Å². The number of carbonyl (C=O) groups excluding carboxylic acids is 2. The second kappa shape index (κ2) is 11.2. The number of piperidine rings is 1. The van der Waals surface area contributed by atoms with E-state index in [4.69, 9.17) is 9.72 Å². The molecule has 0 bridgehead atoms. The Hall–Kier alpha value is -3.81. The zero-order chi connectivity index (χ0) is 29.5. The molecule has 0 aliphatic carbocycles. The minimum Gasteiger partial charge on any atom is -0.434 e. The van der Waals surface area contributed by atoms with Crippen LogP contribution in [0.1, 0.15) is 72.5 Å². The van der Waals surface area contributed by atoms with Crippen LogP contribution in [0.15, 0.2) is 36.4 Å². The molecule has 1 saturated heterocycles. The van der Waals surface area contributed by atoms with Gasteiger partial charge in [-0.3, -0.25) is 14.5 Å². The van der Waals surface area contributed by atoms with Gasteiger partial charge in [-0.1, -0.05) is 24.0 Å². The van der Waals surface area contributed by atoms with Gasteiger partial charge in [0, 0.05) is 35.7 Å². The standard InChI is InChI=1S/C31H34F2N4O4/c1-31(2,40)29(39)36-14-12-19(13-15-36)8-9-20-10-11-22-23(16-20)37-24(17-25(35(3)4)28(37)34-22)27-21(18-38)6-5-7-26(27)41-30(32)33/h5-7,10-11,16,18-19,24-25,30,40H,12-15,17H2,1-4H3/t24-,25?/m1/s1. The summed E-state index contributed by atoms with van der Waals surface area (Å²) in [6, 6.07) is 9.84. The summed E-state index contributed by atoms with van der Waals surface area (Å²) in [7, 11) is 3.88. The fourth-order valence-electron chi connectivity index (χ4n) is 5.88. The number of ether oxygens (including phenoxy) is 1. The minimum atomic E-state index is -3.03. The Morgan fingerprint density at radius 2 is 1.95 bits per heavy atom. The first kappa shape index (κ1) is 28.7. The Morgan fingerprint density at radius 1 is 1.22 bits per heavy atom. The van der Waals surface area contributed by atoms with Gasteiger partial charge in [-0.25, -0.2) is 4.98 Å². The number of hydrogen-bond donors (Lipinski definition) is 1. The van der Waals surface area contributed by atoms with Gasteiger partial charge in [-0.15, -0.1) is 0 Å². The summed E-state index contributed by atoms with van der Waals surface area (Å²) >= 11 is 0. The summed E-state index contributed by atoms with van der Waals surface area (Å²) in [6.45, 7) is 1.07. The van der Waals surface area contributed by atoms with Crippen molar-refractivity contribution in [3.05, 3.63) is 58.9 Å². The molecule has 1 amide bonds. The zero-order valence-electron chi connectivity index (χ0n) is 23.6. The first-order valence-corrected chi connectivity index (χ1v) is 13.7. The van der Waals surface area contributed by atoms with Gasteiger partial charge in [-0.2, -0.15) is 8.78 Å². The highest BCUT2D eigenvalue weighted by Gasteiger charge is 2.39. The molecule has 2 aliphatic rings. The van der Waals surface area contributed by atoms with Gasteiger partial charge >= 0.3 is 6.61 Å². The molecule has 3 heterocycles. The minimum absolute atomic E-state index is 0.0211. The number of imidazole rings is 1. The van der Waals surface area contributed by atoms with E-state index in [0.29, 0.717) is 36.9 Å². The van der Waals surface area contributed by atoms with E-state index in [0.717, 1.165) is 35.3 Å². The maximum absolute atomic E-state index is 13.3. The number of hydrogen-bond acceptors (Lipinski definition) is 6. The lowest BCUT2D eigenvalue weighted by Crippen LogP contribution is -2.48. The van der Waals surface area contributed by atoms with Crippen molar-refractivity contribution in [1.82, 2.24) is 19.4 Å². The third kappa shape index (κ3) is 5.69. The Morgan fingerprint density at radius 3 is 2.59 bits per heavy atom. The van der Waals surface area contributed by atoms with Crippen LogP contribution in [0.25, 0.3) is 11.0 Å². The van der Waals surface area contributed by atoms with Crippen LogP contribution in [0.3, 0.4) is 0 Å². The van der Waals surface area contributed by atoms with Crippen LogP contribution >= 0.6 is 0 Å². The SMILES string of the molecule is CN(C)C1C[C@H](c2c(C=O)cccc2OC(F)F)n2c1nc1ccc(C#CC3CCN(C(=O)C(C)(C)O)CC3)cc12. The van der Waals surface area contributed by atoms with Crippen molar-refractivity contribution in [2.45, 2.75) is 57.4 Å². The molecule has 1 N–H and O–H groups in total. The van der Waals surface area contributed by atoms with Crippen molar-refractivity contribution in [2.75, 3.05) is 27.2 Å². The summed E-state index contributed by atoms with van der Waals surface area (Å²) < 4.78 is 33.6. The highest BCUT2D eigenvalue weighted by atomic mass is 19.3. The van der Waals surface area contributed by atoms with Crippen molar-refractivity contribution < 1.29 is 28.2 Å². The number of amides is 1. The smallest absolute Gasteiger partial charge is 0.387 e. The van der Waals surface area contributed by atoms with Crippen molar-refractivity contribution >= 4 is 23.2 Å². The van der Waals surface area contributed by atoms with Crippen molar-refractivity contribution in [3.63, 3.8) is 0 Å². The second-order valence-electron chi connectivity index (χ2n) is 11.4. The summed E-state index contributed by atoms with van der Waals surface area (Å²) in [5, 5.41) is 10.0. The number of likely N-dealkylation sites (tertiary alicyclic amines) is 1. The van der Waals surface area contributed by atoms with Gasteiger partial charge < -0.3 is 19.3 Å². The molecule has 8 nitrogen and oxygen atoms in total. The van der Waals surface area contributed by atoms with E-state index in [2.05, 4.69) is 11.8 Å². The number of aromatic nitrogens is 2. The lowest BCUT2D eigenvalue weighted by molar-refractivity contribution is -0.149. The maximum Gasteiger partial charge on any atom is 0.387 e. The van der Waals surface area contributed by atoms with Crippen LogP contribution in [0.4, 0.5) is 8.78 Å². The number of nitrogens with zero attached hydrogens (tertiary/aromatic N) is 4. The largest absolute Gasteiger partial charge is 0.434 e. The molecule has 1 fully saturated rings. The number of fused-ring (bicyclic) bond motifs is 3. The van der Waals surface area contributed by atoms with Gasteiger partial charge in [-0.05, 0) is 71.5 Å². The summed E-state index contributed by atoms with van der Waals surface area (Å²) in [6.07, 6.45) is 2.66. The molecule has 0 saturated carbocycles. The number of aliphatic hydroxyl groups is 1. The fourth-order valence-corrected chi connectivity index (χ4v) is 5.88. The fraction of sp³-hybridized carbons (Fsp3) is 0.452. The maximum atomic E-state index is 13.3. The van der Waals surface area contributed by atoms with Crippen molar-refractivity contribution in [1.29, 1.82) is 0 Å². The monoisotopic (exact) mass is 564 g/mol. The molecule has 216 valence electrons. The number of alkyl halides is 2. The number of benzene rings is 2. The van der Waals surface area contributed by atoms with Crippen molar-refractivity contribution in [3.8, 4) is 17.6 Å². The number of aldehydes is 1. The van der Waals surface area contributed by atoms with E-state index in [9.17, 15) is 23.5 Å². The van der Waals surface area contributed by atoms with Crippen LogP contribution < -0.4 is 4.74 Å². The normalized spacial score (nSPS) is 19.4. The van der Waals surface area contributed by atoms with Gasteiger partial charge in [0.1, 0.15) is 17.2 Å². The molecular weight excluding hydrogens is 530 g/mol. The predicted octanol–water partition coefficient (Wildman–Crippen LogP) is 4.41. The van der Waals surface area contributed by atoms with Crippen LogP contribution in [-0.4, -0.2) is 76.0 Å². The molecule has 1 unspecified atom stereocenters. The molecular formula is C31H34F2N4O4. The Balaban J connectivity index is 1.49. The number of rotatable bonds is 6. The highest BCUT2D eigenvalue weighted by molar-refractivity contribution is 5.84. The first-order valence-electron chi connectivity index (χ1n) is 13.7.